The van der Waals surface area contributed by atoms with Gasteiger partial charge >= 0.3 is 0 Å². The van der Waals surface area contributed by atoms with Crippen LogP contribution in [-0.4, -0.2) is 38.8 Å². The number of piperazine rings is 1. The predicted molar refractivity (Wildman–Crippen MR) is 92.0 cm³/mol. The Bertz CT molecular complexity index is 671. The molecule has 0 spiro atoms. The Hall–Kier alpha value is -2.11. The van der Waals surface area contributed by atoms with Crippen molar-refractivity contribution in [3.05, 3.63) is 59.4 Å². The van der Waals surface area contributed by atoms with Gasteiger partial charge in [-0.15, -0.1) is 0 Å². The number of methoxy groups -OCH3 is 2. The Kier molecular flexibility index (Phi) is 5.33. The maximum absolute atomic E-state index is 13.6. The summed E-state index contributed by atoms with van der Waals surface area (Å²) in [4.78, 5) is 2.36. The van der Waals surface area contributed by atoms with Crippen molar-refractivity contribution in [2.24, 2.45) is 0 Å². The maximum atomic E-state index is 13.6. The molecule has 1 aliphatic rings. The largest absolute Gasteiger partial charge is 0.497 e. The van der Waals surface area contributed by atoms with Crippen LogP contribution >= 0.6 is 0 Å². The first-order valence-electron chi connectivity index (χ1n) is 8.12. The van der Waals surface area contributed by atoms with Crippen molar-refractivity contribution in [2.75, 3.05) is 33.9 Å². The van der Waals surface area contributed by atoms with E-state index in [-0.39, 0.29) is 11.9 Å². The summed E-state index contributed by atoms with van der Waals surface area (Å²) >= 11 is 0. The molecule has 0 amide bonds. The lowest BCUT2D eigenvalue weighted by molar-refractivity contribution is 0.153. The molecule has 3 rings (SSSR count). The molecule has 1 fully saturated rings. The number of hydrogen-bond donors (Lipinski definition) is 1. The van der Waals surface area contributed by atoms with Crippen LogP contribution in [0.4, 0.5) is 4.39 Å². The molecule has 4 nitrogen and oxygen atoms in total. The number of nitrogens with zero attached hydrogens (tertiary/aromatic N) is 1. The van der Waals surface area contributed by atoms with Gasteiger partial charge in [-0.1, -0.05) is 12.1 Å². The predicted octanol–water partition coefficient (Wildman–Crippen LogP) is 2.99. The third kappa shape index (κ3) is 3.86. The third-order valence-electron chi connectivity index (χ3n) is 4.38. The van der Waals surface area contributed by atoms with Gasteiger partial charge in [0.1, 0.15) is 17.3 Å². The zero-order chi connectivity index (χ0) is 16.9. The van der Waals surface area contributed by atoms with Gasteiger partial charge in [0, 0.05) is 38.3 Å². The normalized spacial score (nSPS) is 18.4. The lowest BCUT2D eigenvalue weighted by atomic mass is 10.0. The first kappa shape index (κ1) is 16.7. The molecule has 1 saturated heterocycles. The highest BCUT2D eigenvalue weighted by Gasteiger charge is 2.24. The fourth-order valence-corrected chi connectivity index (χ4v) is 3.17. The van der Waals surface area contributed by atoms with Crippen LogP contribution in [0.3, 0.4) is 0 Å². The molecule has 2 aromatic carbocycles. The molecular formula is C19H23FN2O2. The molecule has 0 saturated carbocycles. The Morgan fingerprint density at radius 1 is 1.12 bits per heavy atom. The van der Waals surface area contributed by atoms with Crippen molar-refractivity contribution in [3.8, 4) is 11.5 Å². The molecule has 0 aromatic heterocycles. The minimum atomic E-state index is -0.193. The average Bonchev–Trinajstić information content (AvgIpc) is 2.61. The fourth-order valence-electron chi connectivity index (χ4n) is 3.17. The molecule has 0 radical (unpaired) electrons. The second-order valence-corrected chi connectivity index (χ2v) is 5.97. The van der Waals surface area contributed by atoms with E-state index in [9.17, 15) is 4.39 Å². The van der Waals surface area contributed by atoms with Crippen LogP contribution in [0.2, 0.25) is 0 Å². The zero-order valence-corrected chi connectivity index (χ0v) is 14.1. The quantitative estimate of drug-likeness (QED) is 0.914. The summed E-state index contributed by atoms with van der Waals surface area (Å²) in [6.07, 6.45) is 0. The molecule has 5 heteroatoms. The van der Waals surface area contributed by atoms with E-state index < -0.39 is 0 Å². The molecule has 0 bridgehead atoms. The van der Waals surface area contributed by atoms with Crippen molar-refractivity contribution in [2.45, 2.75) is 12.6 Å². The number of benzene rings is 2. The zero-order valence-electron chi connectivity index (χ0n) is 14.1. The van der Waals surface area contributed by atoms with Crippen LogP contribution in [0.5, 0.6) is 11.5 Å². The van der Waals surface area contributed by atoms with Gasteiger partial charge in [-0.2, -0.15) is 0 Å². The molecule has 0 aliphatic carbocycles. The van der Waals surface area contributed by atoms with E-state index >= 15 is 0 Å². The van der Waals surface area contributed by atoms with Gasteiger partial charge in [0.05, 0.1) is 14.2 Å². The van der Waals surface area contributed by atoms with Crippen LogP contribution < -0.4 is 14.8 Å². The number of hydrogen-bond acceptors (Lipinski definition) is 4. The van der Waals surface area contributed by atoms with Crippen LogP contribution in [0.15, 0.2) is 42.5 Å². The van der Waals surface area contributed by atoms with Gasteiger partial charge in [0.25, 0.3) is 0 Å². The molecule has 2 aromatic rings. The Morgan fingerprint density at radius 3 is 2.54 bits per heavy atom. The monoisotopic (exact) mass is 330 g/mol. The second kappa shape index (κ2) is 7.64. The number of halogens is 1. The van der Waals surface area contributed by atoms with E-state index in [0.29, 0.717) is 0 Å². The van der Waals surface area contributed by atoms with Crippen LogP contribution in [0.1, 0.15) is 17.2 Å². The molecule has 1 unspecified atom stereocenters. The molecule has 24 heavy (non-hydrogen) atoms. The number of rotatable bonds is 5. The van der Waals surface area contributed by atoms with Gasteiger partial charge in [-0.3, -0.25) is 4.90 Å². The Labute approximate surface area is 142 Å². The standard InChI is InChI=1S/C19H23FN2O2/c1-23-17-8-14(9-18(11-17)24-2)13-22-7-6-21-12-19(22)15-4-3-5-16(20)10-15/h3-5,8-11,19,21H,6-7,12-13H2,1-2H3. The summed E-state index contributed by atoms with van der Waals surface area (Å²) in [5.74, 6) is 1.37. The third-order valence-corrected chi connectivity index (χ3v) is 4.38. The average molecular weight is 330 g/mol. The lowest BCUT2D eigenvalue weighted by Crippen LogP contribution is -2.45. The van der Waals surface area contributed by atoms with Crippen LogP contribution in [0, 0.1) is 5.82 Å². The number of ether oxygens (including phenoxy) is 2. The summed E-state index contributed by atoms with van der Waals surface area (Å²) in [5.41, 5.74) is 2.12. The molecule has 128 valence electrons. The highest BCUT2D eigenvalue weighted by atomic mass is 19.1. The summed E-state index contributed by atoms with van der Waals surface area (Å²) in [6.45, 7) is 3.40. The Morgan fingerprint density at radius 2 is 1.88 bits per heavy atom. The van der Waals surface area contributed by atoms with E-state index in [1.54, 1.807) is 26.4 Å². The Balaban J connectivity index is 1.84. The fraction of sp³-hybridized carbons (Fsp3) is 0.368. The van der Waals surface area contributed by atoms with Crippen LogP contribution in [0.25, 0.3) is 0 Å². The summed E-state index contributed by atoms with van der Waals surface area (Å²) in [7, 11) is 3.30. The highest BCUT2D eigenvalue weighted by molar-refractivity contribution is 5.38. The molecule has 1 aliphatic heterocycles. The summed E-state index contributed by atoms with van der Waals surface area (Å²) < 4.78 is 24.3. The van der Waals surface area contributed by atoms with E-state index in [0.717, 1.165) is 48.8 Å². The molecular weight excluding hydrogens is 307 g/mol. The first-order chi connectivity index (χ1) is 11.7. The lowest BCUT2D eigenvalue weighted by Gasteiger charge is -2.36. The SMILES string of the molecule is COc1cc(CN2CCNCC2c2cccc(F)c2)cc(OC)c1. The van der Waals surface area contributed by atoms with E-state index in [1.165, 1.54) is 6.07 Å². The van der Waals surface area contributed by atoms with Crippen LogP contribution in [-0.2, 0) is 6.54 Å². The van der Waals surface area contributed by atoms with Crippen molar-refractivity contribution in [3.63, 3.8) is 0 Å². The molecule has 1 heterocycles. The minimum Gasteiger partial charge on any atom is -0.497 e. The van der Waals surface area contributed by atoms with E-state index in [4.69, 9.17) is 9.47 Å². The minimum absolute atomic E-state index is 0.145. The number of nitrogens with one attached hydrogen (secondary N) is 1. The molecule has 1 atom stereocenters. The van der Waals surface area contributed by atoms with Gasteiger partial charge < -0.3 is 14.8 Å². The maximum Gasteiger partial charge on any atom is 0.123 e. The second-order valence-electron chi connectivity index (χ2n) is 5.97. The molecule has 1 N–H and O–H groups in total. The topological polar surface area (TPSA) is 33.7 Å². The van der Waals surface area contributed by atoms with Crippen molar-refractivity contribution >= 4 is 0 Å². The van der Waals surface area contributed by atoms with Gasteiger partial charge in [-0.25, -0.2) is 4.39 Å². The van der Waals surface area contributed by atoms with Gasteiger partial charge in [0.2, 0.25) is 0 Å². The first-order valence-corrected chi connectivity index (χ1v) is 8.12. The van der Waals surface area contributed by atoms with Crippen molar-refractivity contribution in [1.82, 2.24) is 10.2 Å². The summed E-state index contributed by atoms with van der Waals surface area (Å²) in [5, 5.41) is 3.40. The highest BCUT2D eigenvalue weighted by Crippen LogP contribution is 2.28. The van der Waals surface area contributed by atoms with Gasteiger partial charge in [-0.05, 0) is 35.4 Å². The summed E-state index contributed by atoms with van der Waals surface area (Å²) in [6, 6.07) is 12.9. The smallest absolute Gasteiger partial charge is 0.123 e. The van der Waals surface area contributed by atoms with Gasteiger partial charge in [0.15, 0.2) is 0 Å². The van der Waals surface area contributed by atoms with E-state index in [1.807, 2.05) is 24.3 Å². The van der Waals surface area contributed by atoms with Crippen molar-refractivity contribution in [1.29, 1.82) is 0 Å². The van der Waals surface area contributed by atoms with Crippen molar-refractivity contribution < 1.29 is 13.9 Å². The van der Waals surface area contributed by atoms with E-state index in [2.05, 4.69) is 10.2 Å².